The summed E-state index contributed by atoms with van der Waals surface area (Å²) in [6.45, 7) is 1.85. The third-order valence-corrected chi connectivity index (χ3v) is 4.61. The Hall–Kier alpha value is -1.03. The second kappa shape index (κ2) is 6.17. The van der Waals surface area contributed by atoms with Gasteiger partial charge in [0.15, 0.2) is 0 Å². The highest BCUT2D eigenvalue weighted by molar-refractivity contribution is 7.07. The van der Waals surface area contributed by atoms with Gasteiger partial charge < -0.3 is 10.2 Å². The fourth-order valence-corrected chi connectivity index (χ4v) is 3.35. The van der Waals surface area contributed by atoms with Crippen LogP contribution in [0.1, 0.15) is 24.0 Å². The predicted octanol–water partition coefficient (Wildman–Crippen LogP) is 4.29. The van der Waals surface area contributed by atoms with Crippen molar-refractivity contribution in [3.63, 3.8) is 0 Å². The molecule has 0 aliphatic heterocycles. The SMILES string of the molecule is CNCc1ccc(Cl)cc1N(Cc1ccsc1)C1CC1. The number of nitrogens with zero attached hydrogens (tertiary/aromatic N) is 1. The molecule has 0 unspecified atom stereocenters. The van der Waals surface area contributed by atoms with E-state index in [0.29, 0.717) is 6.04 Å². The summed E-state index contributed by atoms with van der Waals surface area (Å²) >= 11 is 7.98. The Morgan fingerprint density at radius 3 is 2.85 bits per heavy atom. The van der Waals surface area contributed by atoms with Gasteiger partial charge in [-0.25, -0.2) is 0 Å². The maximum Gasteiger partial charge on any atom is 0.0440 e. The molecule has 0 bridgehead atoms. The normalized spacial score (nSPS) is 14.5. The van der Waals surface area contributed by atoms with Crippen LogP contribution in [0, 0.1) is 0 Å². The lowest BCUT2D eigenvalue weighted by Gasteiger charge is -2.27. The van der Waals surface area contributed by atoms with Crippen LogP contribution in [0.25, 0.3) is 0 Å². The number of halogens is 1. The zero-order chi connectivity index (χ0) is 13.9. The molecule has 2 nitrogen and oxygen atoms in total. The van der Waals surface area contributed by atoms with Crippen molar-refractivity contribution < 1.29 is 0 Å². The lowest BCUT2D eigenvalue weighted by molar-refractivity contribution is 0.766. The minimum atomic E-state index is 0.670. The average Bonchev–Trinajstić information content (AvgIpc) is 3.15. The Balaban J connectivity index is 1.92. The van der Waals surface area contributed by atoms with Gasteiger partial charge in [-0.1, -0.05) is 17.7 Å². The molecule has 106 valence electrons. The van der Waals surface area contributed by atoms with Crippen molar-refractivity contribution in [2.45, 2.75) is 32.0 Å². The van der Waals surface area contributed by atoms with Crippen LogP contribution >= 0.6 is 22.9 Å². The van der Waals surface area contributed by atoms with E-state index in [1.807, 2.05) is 13.1 Å². The van der Waals surface area contributed by atoms with E-state index in [9.17, 15) is 0 Å². The van der Waals surface area contributed by atoms with E-state index in [2.05, 4.69) is 39.2 Å². The van der Waals surface area contributed by atoms with Crippen molar-refractivity contribution in [3.05, 3.63) is 51.2 Å². The molecule has 1 heterocycles. The second-order valence-corrected chi connectivity index (χ2v) is 6.51. The van der Waals surface area contributed by atoms with Gasteiger partial charge in [0, 0.05) is 29.8 Å². The Labute approximate surface area is 129 Å². The van der Waals surface area contributed by atoms with Crippen LogP contribution in [0.4, 0.5) is 5.69 Å². The number of benzene rings is 1. The first-order valence-corrected chi connectivity index (χ1v) is 8.31. The maximum absolute atomic E-state index is 6.22. The summed E-state index contributed by atoms with van der Waals surface area (Å²) in [7, 11) is 1.98. The van der Waals surface area contributed by atoms with Gasteiger partial charge in [-0.2, -0.15) is 11.3 Å². The summed E-state index contributed by atoms with van der Waals surface area (Å²) in [5, 5.41) is 8.44. The molecule has 0 radical (unpaired) electrons. The van der Waals surface area contributed by atoms with Crippen LogP contribution in [0.15, 0.2) is 35.0 Å². The molecule has 20 heavy (non-hydrogen) atoms. The third-order valence-electron chi connectivity index (χ3n) is 3.64. The fourth-order valence-electron chi connectivity index (χ4n) is 2.52. The molecule has 1 saturated carbocycles. The molecule has 0 amide bonds. The van der Waals surface area contributed by atoms with Gasteiger partial charge in [-0.3, -0.25) is 0 Å². The predicted molar refractivity (Wildman–Crippen MR) is 87.7 cm³/mol. The van der Waals surface area contributed by atoms with Crippen LogP contribution in [0.3, 0.4) is 0 Å². The largest absolute Gasteiger partial charge is 0.364 e. The van der Waals surface area contributed by atoms with Crippen molar-refractivity contribution >= 4 is 28.6 Å². The van der Waals surface area contributed by atoms with Gasteiger partial charge in [0.25, 0.3) is 0 Å². The first kappa shape index (κ1) is 13.9. The van der Waals surface area contributed by atoms with E-state index < -0.39 is 0 Å². The number of thiophene rings is 1. The first-order valence-electron chi connectivity index (χ1n) is 6.98. The summed E-state index contributed by atoms with van der Waals surface area (Å²) in [5.74, 6) is 0. The topological polar surface area (TPSA) is 15.3 Å². The molecule has 2 aromatic rings. The molecule has 1 aliphatic rings. The van der Waals surface area contributed by atoms with E-state index in [1.54, 1.807) is 11.3 Å². The number of hydrogen-bond donors (Lipinski definition) is 1. The second-order valence-electron chi connectivity index (χ2n) is 5.29. The Bertz CT molecular complexity index is 564. The van der Waals surface area contributed by atoms with Gasteiger partial charge in [-0.05, 0) is 60.0 Å². The molecule has 1 aromatic carbocycles. The highest BCUT2D eigenvalue weighted by Crippen LogP contribution is 2.36. The van der Waals surface area contributed by atoms with Crippen LogP contribution in [0.5, 0.6) is 0 Å². The Morgan fingerprint density at radius 1 is 1.35 bits per heavy atom. The van der Waals surface area contributed by atoms with E-state index in [4.69, 9.17) is 11.6 Å². The summed E-state index contributed by atoms with van der Waals surface area (Å²) in [6, 6.07) is 9.11. The molecule has 1 N–H and O–H groups in total. The van der Waals surface area contributed by atoms with Crippen LogP contribution in [-0.4, -0.2) is 13.1 Å². The van der Waals surface area contributed by atoms with E-state index in [0.717, 1.165) is 18.1 Å². The molecule has 0 saturated heterocycles. The number of anilines is 1. The summed E-state index contributed by atoms with van der Waals surface area (Å²) in [6.07, 6.45) is 2.57. The van der Waals surface area contributed by atoms with Crippen LogP contribution < -0.4 is 10.2 Å². The van der Waals surface area contributed by atoms with Gasteiger partial charge >= 0.3 is 0 Å². The van der Waals surface area contributed by atoms with Crippen molar-refractivity contribution in [1.82, 2.24) is 5.32 Å². The number of rotatable bonds is 6. The molecular formula is C16H19ClN2S. The smallest absolute Gasteiger partial charge is 0.0440 e. The number of nitrogens with one attached hydrogen (secondary N) is 1. The van der Waals surface area contributed by atoms with Crippen LogP contribution in [-0.2, 0) is 13.1 Å². The highest BCUT2D eigenvalue weighted by atomic mass is 35.5. The van der Waals surface area contributed by atoms with Crippen LogP contribution in [0.2, 0.25) is 5.02 Å². The minimum absolute atomic E-state index is 0.670. The van der Waals surface area contributed by atoms with Crippen molar-refractivity contribution in [3.8, 4) is 0 Å². The Morgan fingerprint density at radius 2 is 2.20 bits per heavy atom. The molecule has 0 spiro atoms. The van der Waals surface area contributed by atoms with E-state index >= 15 is 0 Å². The van der Waals surface area contributed by atoms with Gasteiger partial charge in [0.2, 0.25) is 0 Å². The molecule has 1 aromatic heterocycles. The van der Waals surface area contributed by atoms with E-state index in [-0.39, 0.29) is 0 Å². The summed E-state index contributed by atoms with van der Waals surface area (Å²) < 4.78 is 0. The Kier molecular flexibility index (Phi) is 4.29. The summed E-state index contributed by atoms with van der Waals surface area (Å²) in [5.41, 5.74) is 3.98. The molecule has 4 heteroatoms. The fraction of sp³-hybridized carbons (Fsp3) is 0.375. The maximum atomic E-state index is 6.22. The molecule has 3 rings (SSSR count). The lowest BCUT2D eigenvalue weighted by Crippen LogP contribution is -2.26. The summed E-state index contributed by atoms with van der Waals surface area (Å²) in [4.78, 5) is 2.51. The van der Waals surface area contributed by atoms with Crippen molar-refractivity contribution in [1.29, 1.82) is 0 Å². The first-order chi connectivity index (χ1) is 9.78. The van der Waals surface area contributed by atoms with Crippen molar-refractivity contribution in [2.24, 2.45) is 0 Å². The average molecular weight is 307 g/mol. The zero-order valence-corrected chi connectivity index (χ0v) is 13.2. The quantitative estimate of drug-likeness (QED) is 0.856. The van der Waals surface area contributed by atoms with Gasteiger partial charge in [-0.15, -0.1) is 0 Å². The molecule has 1 aliphatic carbocycles. The van der Waals surface area contributed by atoms with Gasteiger partial charge in [0.1, 0.15) is 0 Å². The van der Waals surface area contributed by atoms with E-state index in [1.165, 1.54) is 29.7 Å². The minimum Gasteiger partial charge on any atom is -0.364 e. The van der Waals surface area contributed by atoms with Gasteiger partial charge in [0.05, 0.1) is 0 Å². The zero-order valence-electron chi connectivity index (χ0n) is 11.6. The number of hydrogen-bond acceptors (Lipinski definition) is 3. The molecule has 0 atom stereocenters. The lowest BCUT2D eigenvalue weighted by atomic mass is 10.1. The standard InChI is InChI=1S/C16H19ClN2S/c1-18-9-13-2-3-14(17)8-16(13)19(15-4-5-15)10-12-6-7-20-11-12/h2-3,6-8,11,15,18H,4-5,9-10H2,1H3. The monoisotopic (exact) mass is 306 g/mol. The third kappa shape index (κ3) is 3.17. The molecular weight excluding hydrogens is 288 g/mol. The van der Waals surface area contributed by atoms with Crippen molar-refractivity contribution in [2.75, 3.05) is 11.9 Å². The highest BCUT2D eigenvalue weighted by Gasteiger charge is 2.30. The molecule has 1 fully saturated rings.